The van der Waals surface area contributed by atoms with Gasteiger partial charge in [0.1, 0.15) is 0 Å². The summed E-state index contributed by atoms with van der Waals surface area (Å²) in [5.74, 6) is 5.19. The molecular weight excluding hydrogens is 204 g/mol. The molecule has 2 rings (SSSR count). The first-order valence-electron chi connectivity index (χ1n) is 5.33. The molecule has 1 fully saturated rings. The van der Waals surface area contributed by atoms with Crippen LogP contribution in [0, 0.1) is 5.41 Å². The van der Waals surface area contributed by atoms with Crippen LogP contribution in [0.3, 0.4) is 0 Å². The molecule has 0 atom stereocenters. The Morgan fingerprint density at radius 1 is 1.62 bits per heavy atom. The molecule has 0 aromatic carbocycles. The van der Waals surface area contributed by atoms with Crippen LogP contribution in [0.2, 0.25) is 0 Å². The first kappa shape index (κ1) is 10.9. The zero-order valence-corrected chi connectivity index (χ0v) is 9.29. The van der Waals surface area contributed by atoms with Crippen LogP contribution in [-0.2, 0) is 0 Å². The van der Waals surface area contributed by atoms with Gasteiger partial charge in [-0.1, -0.05) is 6.92 Å². The number of aromatic nitrogens is 1. The Labute approximate surface area is 94.4 Å². The van der Waals surface area contributed by atoms with E-state index in [1.165, 1.54) is 19.0 Å². The molecule has 86 valence electrons. The Bertz CT molecular complexity index is 401. The summed E-state index contributed by atoms with van der Waals surface area (Å²) in [4.78, 5) is 15.8. The third kappa shape index (κ3) is 2.30. The zero-order valence-electron chi connectivity index (χ0n) is 9.29. The molecule has 0 aliphatic heterocycles. The number of hydrogen-bond donors (Lipinski definition) is 3. The normalized spacial score (nSPS) is 16.6. The Kier molecular flexibility index (Phi) is 2.78. The van der Waals surface area contributed by atoms with Crippen molar-refractivity contribution in [3.63, 3.8) is 0 Å². The van der Waals surface area contributed by atoms with Gasteiger partial charge in [0.05, 0.1) is 11.3 Å². The predicted octanol–water partition coefficient (Wildman–Crippen LogP) is 0.897. The van der Waals surface area contributed by atoms with Gasteiger partial charge in [-0.2, -0.15) is 0 Å². The number of nitrogens with two attached hydrogens (primary N) is 1. The van der Waals surface area contributed by atoms with Crippen molar-refractivity contribution >= 4 is 11.6 Å². The van der Waals surface area contributed by atoms with E-state index in [9.17, 15) is 4.79 Å². The Morgan fingerprint density at radius 2 is 2.38 bits per heavy atom. The van der Waals surface area contributed by atoms with E-state index in [0.29, 0.717) is 23.2 Å². The number of carbonyl (C=O) groups excluding carboxylic acids is 1. The van der Waals surface area contributed by atoms with Crippen LogP contribution >= 0.6 is 0 Å². The van der Waals surface area contributed by atoms with Crippen molar-refractivity contribution in [2.45, 2.75) is 19.8 Å². The Morgan fingerprint density at radius 3 is 3.00 bits per heavy atom. The maximum absolute atomic E-state index is 11.9. The van der Waals surface area contributed by atoms with Crippen molar-refractivity contribution in [1.29, 1.82) is 0 Å². The molecular formula is C11H16N4O. The van der Waals surface area contributed by atoms with E-state index in [2.05, 4.69) is 22.7 Å². The molecule has 1 heterocycles. The fraction of sp³-hybridized carbons (Fsp3) is 0.455. The second-order valence-corrected chi connectivity index (χ2v) is 4.56. The molecule has 5 heteroatoms. The number of nitrogen functional groups attached to an aromatic ring is 1. The maximum atomic E-state index is 11.9. The zero-order chi connectivity index (χ0) is 11.6. The highest BCUT2D eigenvalue weighted by Crippen LogP contribution is 2.44. The Balaban J connectivity index is 2.02. The van der Waals surface area contributed by atoms with E-state index in [1.54, 1.807) is 12.3 Å². The molecule has 1 aliphatic carbocycles. The highest BCUT2D eigenvalue weighted by atomic mass is 16.1. The monoisotopic (exact) mass is 220 g/mol. The molecule has 5 nitrogen and oxygen atoms in total. The lowest BCUT2D eigenvalue weighted by Crippen LogP contribution is -2.30. The number of hydrazine groups is 1. The molecule has 1 aromatic rings. The minimum absolute atomic E-state index is 0.130. The van der Waals surface area contributed by atoms with Crippen LogP contribution in [-0.4, -0.2) is 17.4 Å². The lowest BCUT2D eigenvalue weighted by Gasteiger charge is -2.11. The predicted molar refractivity (Wildman–Crippen MR) is 61.7 cm³/mol. The van der Waals surface area contributed by atoms with Crippen LogP contribution in [0.1, 0.15) is 30.1 Å². The van der Waals surface area contributed by atoms with Gasteiger partial charge in [0, 0.05) is 18.9 Å². The Hall–Kier alpha value is -1.62. The second-order valence-electron chi connectivity index (χ2n) is 4.56. The fourth-order valence-electron chi connectivity index (χ4n) is 1.48. The third-order valence-electron chi connectivity index (χ3n) is 3.00. The fourth-order valence-corrected chi connectivity index (χ4v) is 1.48. The van der Waals surface area contributed by atoms with Crippen molar-refractivity contribution < 1.29 is 4.79 Å². The molecule has 1 aliphatic rings. The van der Waals surface area contributed by atoms with E-state index in [1.807, 2.05) is 0 Å². The standard InChI is InChI=1S/C11H16N4O/c1-11(3-4-11)7-14-10(16)8-6-13-5-2-9(8)15-12/h2,5-6H,3-4,7,12H2,1H3,(H,13,15)(H,14,16). The maximum Gasteiger partial charge on any atom is 0.255 e. The first-order valence-corrected chi connectivity index (χ1v) is 5.33. The van der Waals surface area contributed by atoms with E-state index in [-0.39, 0.29) is 5.91 Å². The number of nitrogens with zero attached hydrogens (tertiary/aromatic N) is 1. The summed E-state index contributed by atoms with van der Waals surface area (Å²) in [6, 6.07) is 1.67. The summed E-state index contributed by atoms with van der Waals surface area (Å²) in [7, 11) is 0. The van der Waals surface area contributed by atoms with Crippen LogP contribution in [0.25, 0.3) is 0 Å². The molecule has 1 amide bonds. The highest BCUT2D eigenvalue weighted by Gasteiger charge is 2.37. The molecule has 0 radical (unpaired) electrons. The molecule has 0 bridgehead atoms. The summed E-state index contributed by atoms with van der Waals surface area (Å²) in [6.45, 7) is 2.88. The molecule has 1 aromatic heterocycles. The summed E-state index contributed by atoms with van der Waals surface area (Å²) in [5.41, 5.74) is 3.86. The minimum Gasteiger partial charge on any atom is -0.351 e. The van der Waals surface area contributed by atoms with Gasteiger partial charge in [-0.05, 0) is 24.3 Å². The number of anilines is 1. The van der Waals surface area contributed by atoms with E-state index in [4.69, 9.17) is 5.84 Å². The number of pyridine rings is 1. The molecule has 1 saturated carbocycles. The smallest absolute Gasteiger partial charge is 0.255 e. The largest absolute Gasteiger partial charge is 0.351 e. The lowest BCUT2D eigenvalue weighted by atomic mass is 10.1. The number of nitrogens with one attached hydrogen (secondary N) is 2. The van der Waals surface area contributed by atoms with Crippen molar-refractivity contribution in [1.82, 2.24) is 10.3 Å². The van der Waals surface area contributed by atoms with Crippen molar-refractivity contribution in [2.75, 3.05) is 12.0 Å². The summed E-state index contributed by atoms with van der Waals surface area (Å²) < 4.78 is 0. The van der Waals surface area contributed by atoms with Gasteiger partial charge in [-0.3, -0.25) is 15.6 Å². The van der Waals surface area contributed by atoms with E-state index in [0.717, 1.165) is 0 Å². The van der Waals surface area contributed by atoms with Crippen molar-refractivity contribution in [3.05, 3.63) is 24.0 Å². The van der Waals surface area contributed by atoms with Gasteiger partial charge in [0.15, 0.2) is 0 Å². The minimum atomic E-state index is -0.130. The number of hydrogen-bond acceptors (Lipinski definition) is 4. The van der Waals surface area contributed by atoms with E-state index >= 15 is 0 Å². The molecule has 4 N–H and O–H groups in total. The number of rotatable bonds is 4. The molecule has 0 spiro atoms. The highest BCUT2D eigenvalue weighted by molar-refractivity contribution is 5.99. The molecule has 0 unspecified atom stereocenters. The molecule has 16 heavy (non-hydrogen) atoms. The van der Waals surface area contributed by atoms with Crippen LogP contribution in [0.15, 0.2) is 18.5 Å². The van der Waals surface area contributed by atoms with Gasteiger partial charge in [0.2, 0.25) is 0 Å². The van der Waals surface area contributed by atoms with Crippen molar-refractivity contribution in [3.8, 4) is 0 Å². The topological polar surface area (TPSA) is 80.0 Å². The van der Waals surface area contributed by atoms with Gasteiger partial charge in [0.25, 0.3) is 5.91 Å². The number of amides is 1. The van der Waals surface area contributed by atoms with Gasteiger partial charge in [-0.25, -0.2) is 0 Å². The summed E-state index contributed by atoms with van der Waals surface area (Å²) in [6.07, 6.45) is 5.47. The first-order chi connectivity index (χ1) is 7.64. The van der Waals surface area contributed by atoms with E-state index < -0.39 is 0 Å². The van der Waals surface area contributed by atoms with Crippen LogP contribution in [0.5, 0.6) is 0 Å². The third-order valence-corrected chi connectivity index (χ3v) is 3.00. The number of carbonyl (C=O) groups is 1. The lowest BCUT2D eigenvalue weighted by molar-refractivity contribution is 0.0946. The van der Waals surface area contributed by atoms with Crippen molar-refractivity contribution in [2.24, 2.45) is 11.3 Å². The summed E-state index contributed by atoms with van der Waals surface area (Å²) >= 11 is 0. The second kappa shape index (κ2) is 4.09. The van der Waals surface area contributed by atoms with Crippen LogP contribution in [0.4, 0.5) is 5.69 Å². The average molecular weight is 220 g/mol. The SMILES string of the molecule is CC1(CNC(=O)c2cnccc2NN)CC1. The molecule has 0 saturated heterocycles. The van der Waals surface area contributed by atoms with Gasteiger partial charge < -0.3 is 10.7 Å². The average Bonchev–Trinajstić information content (AvgIpc) is 3.05. The quantitative estimate of drug-likeness (QED) is 0.520. The van der Waals surface area contributed by atoms with Crippen LogP contribution < -0.4 is 16.6 Å². The van der Waals surface area contributed by atoms with Gasteiger partial charge in [-0.15, -0.1) is 0 Å². The van der Waals surface area contributed by atoms with Gasteiger partial charge >= 0.3 is 0 Å². The summed E-state index contributed by atoms with van der Waals surface area (Å²) in [5, 5.41) is 2.90.